The first-order valence-corrected chi connectivity index (χ1v) is 19.9. The number of rotatable bonds is 4. The van der Waals surface area contributed by atoms with E-state index in [9.17, 15) is 0 Å². The maximum Gasteiger partial charge on any atom is 0.152 e. The van der Waals surface area contributed by atoms with Gasteiger partial charge in [-0.15, -0.1) is 0 Å². The van der Waals surface area contributed by atoms with Gasteiger partial charge in [0, 0.05) is 11.4 Å². The molecule has 2 aliphatic rings. The molecule has 10 aromatic carbocycles. The van der Waals surface area contributed by atoms with Crippen molar-refractivity contribution >= 4 is 66.4 Å². The molecule has 0 saturated carbocycles. The van der Waals surface area contributed by atoms with E-state index in [1.54, 1.807) is 0 Å². The molecule has 10 aromatic rings. The summed E-state index contributed by atoms with van der Waals surface area (Å²) in [5.41, 5.74) is 10.5. The van der Waals surface area contributed by atoms with Crippen molar-refractivity contribution in [3.05, 3.63) is 241 Å². The number of anilines is 6. The van der Waals surface area contributed by atoms with E-state index in [2.05, 4.69) is 228 Å². The Kier molecular flexibility index (Phi) is 7.14. The first-order valence-electron chi connectivity index (χ1n) is 19.9. The zero-order valence-electron chi connectivity index (χ0n) is 31.6. The molecule has 0 N–H and O–H groups in total. The lowest BCUT2D eigenvalue weighted by atomic mass is 9.62. The van der Waals surface area contributed by atoms with Gasteiger partial charge in [0.05, 0.1) is 28.2 Å². The highest BCUT2D eigenvalue weighted by atomic mass is 16.5. The van der Waals surface area contributed by atoms with Gasteiger partial charge in [0.25, 0.3) is 0 Å². The first kappa shape index (κ1) is 32.6. The molecule has 0 saturated heterocycles. The van der Waals surface area contributed by atoms with Crippen LogP contribution in [0.4, 0.5) is 34.1 Å². The number of ether oxygens (including phenoxy) is 1. The van der Waals surface area contributed by atoms with Crippen LogP contribution >= 0.6 is 0 Å². The van der Waals surface area contributed by atoms with Gasteiger partial charge in [0.2, 0.25) is 0 Å². The summed E-state index contributed by atoms with van der Waals surface area (Å²) >= 11 is 0. The lowest BCUT2D eigenvalue weighted by molar-refractivity contribution is 0.475. The summed E-state index contributed by atoms with van der Waals surface area (Å²) in [6, 6.07) is 79.2. The molecule has 3 nitrogen and oxygen atoms in total. The molecule has 0 atom stereocenters. The van der Waals surface area contributed by atoms with E-state index >= 15 is 0 Å². The number of hydrogen-bond acceptors (Lipinski definition) is 3. The van der Waals surface area contributed by atoms with Crippen molar-refractivity contribution in [1.29, 1.82) is 0 Å². The first-order chi connectivity index (χ1) is 28.8. The van der Waals surface area contributed by atoms with Crippen molar-refractivity contribution in [2.45, 2.75) is 5.41 Å². The van der Waals surface area contributed by atoms with Crippen LogP contribution in [0.2, 0.25) is 0 Å². The quantitative estimate of drug-likeness (QED) is 0.167. The van der Waals surface area contributed by atoms with E-state index in [-0.39, 0.29) is 0 Å². The van der Waals surface area contributed by atoms with E-state index in [1.807, 2.05) is 0 Å². The fourth-order valence-electron chi connectivity index (χ4n) is 9.87. The average molecular weight is 741 g/mol. The molecule has 0 radical (unpaired) electrons. The van der Waals surface area contributed by atoms with Crippen molar-refractivity contribution in [1.82, 2.24) is 0 Å². The van der Waals surface area contributed by atoms with Crippen LogP contribution < -0.4 is 14.5 Å². The third-order valence-corrected chi connectivity index (χ3v) is 12.3. The highest BCUT2D eigenvalue weighted by Crippen LogP contribution is 2.62. The fourth-order valence-corrected chi connectivity index (χ4v) is 9.87. The minimum atomic E-state index is -0.650. The number of hydrogen-bond donors (Lipinski definition) is 0. The maximum absolute atomic E-state index is 7.04. The number of fused-ring (bicyclic) bond motifs is 10. The van der Waals surface area contributed by atoms with Gasteiger partial charge >= 0.3 is 0 Å². The summed E-state index contributed by atoms with van der Waals surface area (Å²) in [7, 11) is 0. The molecule has 2 heterocycles. The Morgan fingerprint density at radius 2 is 0.793 bits per heavy atom. The molecule has 12 rings (SSSR count). The molecule has 0 aromatic heterocycles. The van der Waals surface area contributed by atoms with Crippen LogP contribution in [0, 0.1) is 0 Å². The molecule has 0 bridgehead atoms. The molecule has 0 spiro atoms. The monoisotopic (exact) mass is 740 g/mol. The molecule has 2 aliphatic heterocycles. The largest absolute Gasteiger partial charge is 0.453 e. The Morgan fingerprint density at radius 3 is 1.45 bits per heavy atom. The summed E-state index contributed by atoms with van der Waals surface area (Å²) in [5, 5.41) is 7.50. The van der Waals surface area contributed by atoms with E-state index in [0.717, 1.165) is 51.2 Å². The number of para-hydroxylation sites is 4. The molecule has 58 heavy (non-hydrogen) atoms. The highest BCUT2D eigenvalue weighted by molar-refractivity contribution is 6.25. The second-order valence-corrected chi connectivity index (χ2v) is 15.2. The maximum atomic E-state index is 7.04. The summed E-state index contributed by atoms with van der Waals surface area (Å²) in [6.45, 7) is 0. The summed E-state index contributed by atoms with van der Waals surface area (Å²) in [6.07, 6.45) is 0. The SMILES string of the molecule is c1ccc(N2c3ccccc3C(c3ccccc3)(c3ccccc3)c3cc4c(cc32)N(c2ccc3c5ccccc5c5ccccc5c3c2)c2ccccc2O4)cc1. The summed E-state index contributed by atoms with van der Waals surface area (Å²) in [5.74, 6) is 1.63. The third kappa shape index (κ3) is 4.62. The van der Waals surface area contributed by atoms with Crippen LogP contribution in [0.1, 0.15) is 22.3 Å². The predicted molar refractivity (Wildman–Crippen MR) is 240 cm³/mol. The van der Waals surface area contributed by atoms with Gasteiger partial charge in [0.15, 0.2) is 11.5 Å². The molecule has 272 valence electrons. The Bertz CT molecular complexity index is 3140. The average Bonchev–Trinajstić information content (AvgIpc) is 3.30. The third-order valence-electron chi connectivity index (χ3n) is 12.3. The topological polar surface area (TPSA) is 15.7 Å². The molecular weight excluding hydrogens is 705 g/mol. The standard InChI is InChI=1S/C55H36N2O/c1-4-18-37(19-5-1)55(38-20-6-2-7-21-38)47-28-14-15-29-49(47)56(39-22-8-3-9-23-39)51-36-52-54(35-48(51)55)58-53-31-17-16-30-50(53)57(52)40-32-33-45-43-26-11-10-24-41(43)42-25-12-13-27-44(42)46(45)34-40/h1-36H. The van der Waals surface area contributed by atoms with Crippen LogP contribution in [0.3, 0.4) is 0 Å². The van der Waals surface area contributed by atoms with Gasteiger partial charge in [-0.25, -0.2) is 0 Å². The van der Waals surface area contributed by atoms with Gasteiger partial charge in [-0.2, -0.15) is 0 Å². The Morgan fingerprint density at radius 1 is 0.293 bits per heavy atom. The van der Waals surface area contributed by atoms with E-state index in [1.165, 1.54) is 49.0 Å². The van der Waals surface area contributed by atoms with Crippen LogP contribution in [-0.4, -0.2) is 0 Å². The van der Waals surface area contributed by atoms with Crippen LogP contribution in [0.25, 0.3) is 32.3 Å². The highest BCUT2D eigenvalue weighted by Gasteiger charge is 2.47. The predicted octanol–water partition coefficient (Wildman–Crippen LogP) is 14.9. The van der Waals surface area contributed by atoms with Gasteiger partial charge in [0.1, 0.15) is 0 Å². The summed E-state index contributed by atoms with van der Waals surface area (Å²) < 4.78 is 7.04. The second-order valence-electron chi connectivity index (χ2n) is 15.2. The van der Waals surface area contributed by atoms with E-state index in [0.29, 0.717) is 0 Å². The van der Waals surface area contributed by atoms with Crippen molar-refractivity contribution < 1.29 is 4.74 Å². The molecule has 3 heteroatoms. The molecule has 0 unspecified atom stereocenters. The van der Waals surface area contributed by atoms with Crippen LogP contribution in [0.5, 0.6) is 11.5 Å². The Balaban J connectivity index is 1.19. The van der Waals surface area contributed by atoms with Gasteiger partial charge in [-0.05, 0) is 109 Å². The van der Waals surface area contributed by atoms with Gasteiger partial charge in [-0.3, -0.25) is 0 Å². The minimum Gasteiger partial charge on any atom is -0.453 e. The number of benzene rings is 10. The zero-order chi connectivity index (χ0) is 38.2. The molecule has 0 amide bonds. The molecule has 0 aliphatic carbocycles. The zero-order valence-corrected chi connectivity index (χ0v) is 31.6. The van der Waals surface area contributed by atoms with Crippen molar-refractivity contribution in [3.8, 4) is 11.5 Å². The van der Waals surface area contributed by atoms with Crippen molar-refractivity contribution in [2.75, 3.05) is 9.80 Å². The van der Waals surface area contributed by atoms with Crippen molar-refractivity contribution in [2.24, 2.45) is 0 Å². The van der Waals surface area contributed by atoms with Gasteiger partial charge in [-0.1, -0.05) is 164 Å². The normalized spacial score (nSPS) is 13.7. The number of nitrogens with zero attached hydrogens (tertiary/aromatic N) is 2. The van der Waals surface area contributed by atoms with Crippen molar-refractivity contribution in [3.63, 3.8) is 0 Å². The van der Waals surface area contributed by atoms with E-state index < -0.39 is 5.41 Å². The van der Waals surface area contributed by atoms with E-state index in [4.69, 9.17) is 4.74 Å². The van der Waals surface area contributed by atoms with Gasteiger partial charge < -0.3 is 14.5 Å². The smallest absolute Gasteiger partial charge is 0.152 e. The summed E-state index contributed by atoms with van der Waals surface area (Å²) in [4.78, 5) is 4.84. The van der Waals surface area contributed by atoms with Crippen LogP contribution in [0.15, 0.2) is 218 Å². The lowest BCUT2D eigenvalue weighted by Crippen LogP contribution is -2.38. The fraction of sp³-hybridized carbons (Fsp3) is 0.0182. The lowest BCUT2D eigenvalue weighted by Gasteiger charge is -2.47. The minimum absolute atomic E-state index is 0.650. The Hall–Kier alpha value is -7.62. The Labute approximate surface area is 337 Å². The second kappa shape index (κ2) is 12.7. The van der Waals surface area contributed by atoms with Crippen LogP contribution in [-0.2, 0) is 5.41 Å². The molecular formula is C55H36N2O. The molecule has 0 fully saturated rings.